The van der Waals surface area contributed by atoms with Crippen molar-refractivity contribution in [2.75, 3.05) is 24.5 Å². The Kier molecular flexibility index (Phi) is 4.01. The van der Waals surface area contributed by atoms with Gasteiger partial charge in [-0.1, -0.05) is 29.8 Å². The molecule has 0 atom stereocenters. The van der Waals surface area contributed by atoms with Crippen LogP contribution < -0.4 is 4.90 Å². The average molecular weight is 333 g/mol. The van der Waals surface area contributed by atoms with E-state index in [1.807, 2.05) is 21.9 Å². The SMILES string of the molecule is Cc1cccc(CN2CCN(c3ncnc4cnccc34)CC2=O)c1. The van der Waals surface area contributed by atoms with Crippen molar-refractivity contribution < 1.29 is 4.79 Å². The summed E-state index contributed by atoms with van der Waals surface area (Å²) in [5.74, 6) is 0.921. The Bertz CT molecular complexity index is 921. The van der Waals surface area contributed by atoms with E-state index < -0.39 is 0 Å². The maximum absolute atomic E-state index is 12.6. The highest BCUT2D eigenvalue weighted by molar-refractivity contribution is 5.91. The van der Waals surface area contributed by atoms with Crippen LogP contribution in [0, 0.1) is 6.92 Å². The maximum atomic E-state index is 12.6. The van der Waals surface area contributed by atoms with Gasteiger partial charge in [0.2, 0.25) is 5.91 Å². The molecule has 1 aromatic carbocycles. The minimum absolute atomic E-state index is 0.119. The number of carbonyl (C=O) groups is 1. The van der Waals surface area contributed by atoms with Crippen molar-refractivity contribution in [1.82, 2.24) is 19.9 Å². The summed E-state index contributed by atoms with van der Waals surface area (Å²) in [4.78, 5) is 29.3. The third kappa shape index (κ3) is 3.15. The molecule has 0 spiro atoms. The molecule has 1 amide bonds. The van der Waals surface area contributed by atoms with Crippen LogP contribution in [0.5, 0.6) is 0 Å². The zero-order chi connectivity index (χ0) is 17.2. The Labute approximate surface area is 146 Å². The van der Waals surface area contributed by atoms with Crippen molar-refractivity contribution >= 4 is 22.6 Å². The van der Waals surface area contributed by atoms with Gasteiger partial charge in [-0.05, 0) is 18.6 Å². The molecule has 0 aliphatic carbocycles. The number of aryl methyl sites for hydroxylation is 1. The molecule has 0 bridgehead atoms. The monoisotopic (exact) mass is 333 g/mol. The first-order valence-electron chi connectivity index (χ1n) is 8.34. The number of aromatic nitrogens is 3. The first-order chi connectivity index (χ1) is 12.2. The summed E-state index contributed by atoms with van der Waals surface area (Å²) in [5.41, 5.74) is 3.17. The van der Waals surface area contributed by atoms with E-state index in [0.29, 0.717) is 19.6 Å². The lowest BCUT2D eigenvalue weighted by Gasteiger charge is -2.35. The summed E-state index contributed by atoms with van der Waals surface area (Å²) in [5, 5.41) is 0.928. The lowest BCUT2D eigenvalue weighted by atomic mass is 10.1. The van der Waals surface area contributed by atoms with Crippen molar-refractivity contribution in [1.29, 1.82) is 0 Å². The molecule has 4 rings (SSSR count). The standard InChI is InChI=1S/C19H19N5O/c1-14-3-2-4-15(9-14)11-23-7-8-24(12-18(23)25)19-16-5-6-20-10-17(16)21-13-22-19/h2-6,9-10,13H,7-8,11-12H2,1H3. The molecular formula is C19H19N5O. The van der Waals surface area contributed by atoms with Gasteiger partial charge in [-0.15, -0.1) is 0 Å². The molecule has 3 heterocycles. The van der Waals surface area contributed by atoms with Crippen LogP contribution >= 0.6 is 0 Å². The number of piperazine rings is 1. The molecule has 25 heavy (non-hydrogen) atoms. The topological polar surface area (TPSA) is 62.2 Å². The second kappa shape index (κ2) is 6.47. The highest BCUT2D eigenvalue weighted by atomic mass is 16.2. The predicted molar refractivity (Wildman–Crippen MR) is 96.1 cm³/mol. The van der Waals surface area contributed by atoms with Gasteiger partial charge in [0, 0.05) is 31.2 Å². The quantitative estimate of drug-likeness (QED) is 0.735. The summed E-state index contributed by atoms with van der Waals surface area (Å²) in [6, 6.07) is 10.2. The Morgan fingerprint density at radius 1 is 1.16 bits per heavy atom. The van der Waals surface area contributed by atoms with Crippen LogP contribution in [0.15, 0.2) is 49.1 Å². The zero-order valence-electron chi connectivity index (χ0n) is 14.1. The summed E-state index contributed by atoms with van der Waals surface area (Å²) in [7, 11) is 0. The van der Waals surface area contributed by atoms with Crippen molar-refractivity contribution in [2.45, 2.75) is 13.5 Å². The van der Waals surface area contributed by atoms with Gasteiger partial charge in [0.25, 0.3) is 0 Å². The number of benzene rings is 1. The molecular weight excluding hydrogens is 314 g/mol. The fraction of sp³-hybridized carbons (Fsp3) is 0.263. The van der Waals surface area contributed by atoms with E-state index in [1.54, 1.807) is 12.4 Å². The number of amides is 1. The van der Waals surface area contributed by atoms with Gasteiger partial charge in [-0.25, -0.2) is 9.97 Å². The average Bonchev–Trinajstić information content (AvgIpc) is 2.63. The van der Waals surface area contributed by atoms with Crippen LogP contribution in [-0.4, -0.2) is 45.4 Å². The Morgan fingerprint density at radius 3 is 2.92 bits per heavy atom. The molecule has 0 N–H and O–H groups in total. The zero-order valence-corrected chi connectivity index (χ0v) is 14.1. The number of anilines is 1. The molecule has 0 unspecified atom stereocenters. The Balaban J connectivity index is 1.52. The lowest BCUT2D eigenvalue weighted by molar-refractivity contribution is -0.131. The second-order valence-electron chi connectivity index (χ2n) is 6.32. The molecule has 0 radical (unpaired) electrons. The van der Waals surface area contributed by atoms with E-state index in [0.717, 1.165) is 23.3 Å². The Hall–Kier alpha value is -3.02. The maximum Gasteiger partial charge on any atom is 0.242 e. The molecule has 6 heteroatoms. The molecule has 2 aromatic heterocycles. The van der Waals surface area contributed by atoms with Gasteiger partial charge in [-0.3, -0.25) is 9.78 Å². The third-order valence-electron chi connectivity index (χ3n) is 4.49. The fourth-order valence-corrected chi connectivity index (χ4v) is 3.23. The third-order valence-corrected chi connectivity index (χ3v) is 4.49. The molecule has 0 saturated carbocycles. The molecule has 1 saturated heterocycles. The number of carbonyl (C=O) groups excluding carboxylic acids is 1. The molecule has 6 nitrogen and oxygen atoms in total. The Morgan fingerprint density at radius 2 is 2.08 bits per heavy atom. The highest BCUT2D eigenvalue weighted by Crippen LogP contribution is 2.23. The molecule has 3 aromatic rings. The normalized spacial score (nSPS) is 15.0. The number of hydrogen-bond acceptors (Lipinski definition) is 5. The molecule has 1 aliphatic rings. The van der Waals surface area contributed by atoms with E-state index in [-0.39, 0.29) is 5.91 Å². The molecule has 1 fully saturated rings. The predicted octanol–water partition coefficient (Wildman–Crippen LogP) is 2.18. The summed E-state index contributed by atoms with van der Waals surface area (Å²) in [6.07, 6.45) is 4.98. The minimum atomic E-state index is 0.119. The second-order valence-corrected chi connectivity index (χ2v) is 6.32. The largest absolute Gasteiger partial charge is 0.345 e. The molecule has 126 valence electrons. The van der Waals surface area contributed by atoms with Gasteiger partial charge >= 0.3 is 0 Å². The van der Waals surface area contributed by atoms with Crippen LogP contribution in [-0.2, 0) is 11.3 Å². The number of nitrogens with zero attached hydrogens (tertiary/aromatic N) is 5. The van der Waals surface area contributed by atoms with Crippen LogP contribution in [0.1, 0.15) is 11.1 Å². The number of pyridine rings is 1. The first-order valence-corrected chi connectivity index (χ1v) is 8.34. The smallest absolute Gasteiger partial charge is 0.242 e. The highest BCUT2D eigenvalue weighted by Gasteiger charge is 2.26. The van der Waals surface area contributed by atoms with Crippen molar-refractivity contribution in [3.63, 3.8) is 0 Å². The number of rotatable bonds is 3. The van der Waals surface area contributed by atoms with E-state index in [2.05, 4.69) is 40.1 Å². The van der Waals surface area contributed by atoms with Crippen LogP contribution in [0.3, 0.4) is 0 Å². The number of hydrogen-bond donors (Lipinski definition) is 0. The van der Waals surface area contributed by atoms with Gasteiger partial charge in [0.1, 0.15) is 12.1 Å². The van der Waals surface area contributed by atoms with E-state index in [9.17, 15) is 4.79 Å². The lowest BCUT2D eigenvalue weighted by Crippen LogP contribution is -2.50. The summed E-state index contributed by atoms with van der Waals surface area (Å²) in [6.45, 7) is 4.50. The minimum Gasteiger partial charge on any atom is -0.345 e. The van der Waals surface area contributed by atoms with Crippen LogP contribution in [0.25, 0.3) is 10.9 Å². The van der Waals surface area contributed by atoms with Crippen molar-refractivity contribution in [2.24, 2.45) is 0 Å². The fourth-order valence-electron chi connectivity index (χ4n) is 3.23. The summed E-state index contributed by atoms with van der Waals surface area (Å²) < 4.78 is 0. The van der Waals surface area contributed by atoms with E-state index in [4.69, 9.17) is 0 Å². The number of fused-ring (bicyclic) bond motifs is 1. The van der Waals surface area contributed by atoms with Crippen LogP contribution in [0.2, 0.25) is 0 Å². The van der Waals surface area contributed by atoms with Crippen LogP contribution in [0.4, 0.5) is 5.82 Å². The van der Waals surface area contributed by atoms with E-state index in [1.165, 1.54) is 17.5 Å². The summed E-state index contributed by atoms with van der Waals surface area (Å²) >= 11 is 0. The van der Waals surface area contributed by atoms with Gasteiger partial charge in [0.15, 0.2) is 0 Å². The van der Waals surface area contributed by atoms with E-state index >= 15 is 0 Å². The van der Waals surface area contributed by atoms with Gasteiger partial charge in [0.05, 0.1) is 18.3 Å². The van der Waals surface area contributed by atoms with Crippen molar-refractivity contribution in [3.8, 4) is 0 Å². The van der Waals surface area contributed by atoms with Crippen molar-refractivity contribution in [3.05, 3.63) is 60.2 Å². The first kappa shape index (κ1) is 15.5. The van der Waals surface area contributed by atoms with Gasteiger partial charge in [-0.2, -0.15) is 0 Å². The van der Waals surface area contributed by atoms with Gasteiger partial charge < -0.3 is 9.80 Å². The molecule has 1 aliphatic heterocycles.